The number of sulfonamides is 1. The Labute approximate surface area is 164 Å². The second-order valence-electron chi connectivity index (χ2n) is 6.09. The van der Waals surface area contributed by atoms with Gasteiger partial charge in [-0.1, -0.05) is 18.2 Å². The summed E-state index contributed by atoms with van der Waals surface area (Å²) in [6.07, 6.45) is 0.0628. The van der Waals surface area contributed by atoms with Crippen LogP contribution in [0.5, 0.6) is 0 Å². The summed E-state index contributed by atoms with van der Waals surface area (Å²) in [6, 6.07) is 8.61. The highest BCUT2D eigenvalue weighted by Crippen LogP contribution is 2.32. The smallest absolute Gasteiger partial charge is 0.264 e. The van der Waals surface area contributed by atoms with Crippen LogP contribution >= 0.6 is 11.3 Å². The zero-order valence-corrected chi connectivity index (χ0v) is 16.3. The molecule has 2 aromatic heterocycles. The van der Waals surface area contributed by atoms with Crippen molar-refractivity contribution in [2.45, 2.75) is 19.1 Å². The van der Waals surface area contributed by atoms with E-state index in [1.165, 1.54) is 17.4 Å². The number of halogens is 3. The van der Waals surface area contributed by atoms with Crippen molar-refractivity contribution in [2.24, 2.45) is 0 Å². The van der Waals surface area contributed by atoms with Gasteiger partial charge in [0.2, 0.25) is 10.0 Å². The highest BCUT2D eigenvalue weighted by atomic mass is 32.2. The second kappa shape index (κ2) is 7.98. The molecule has 0 radical (unpaired) electrons. The molecule has 28 heavy (non-hydrogen) atoms. The number of nitrogens with zero attached hydrogens (tertiary/aromatic N) is 2. The van der Waals surface area contributed by atoms with E-state index >= 15 is 0 Å². The zero-order valence-electron chi connectivity index (χ0n) is 14.7. The lowest BCUT2D eigenvalue weighted by molar-refractivity contribution is -0.137. The molecule has 0 spiro atoms. The fourth-order valence-electron chi connectivity index (χ4n) is 2.55. The molecule has 0 fully saturated rings. The van der Waals surface area contributed by atoms with E-state index in [9.17, 15) is 21.6 Å². The fourth-order valence-corrected chi connectivity index (χ4v) is 4.12. The summed E-state index contributed by atoms with van der Waals surface area (Å²) in [5.41, 5.74) is 1.03. The van der Waals surface area contributed by atoms with Crippen molar-refractivity contribution in [3.05, 3.63) is 69.8 Å². The SMILES string of the molecule is CS(=O)(=O)NCc1sc(Cc2cccc(C(F)(F)F)c2)nc1-c1cccnc1. The number of alkyl halides is 3. The largest absolute Gasteiger partial charge is 0.416 e. The van der Waals surface area contributed by atoms with Crippen LogP contribution in [0.3, 0.4) is 0 Å². The maximum atomic E-state index is 12.9. The van der Waals surface area contributed by atoms with E-state index in [1.54, 1.807) is 30.6 Å². The summed E-state index contributed by atoms with van der Waals surface area (Å²) in [4.78, 5) is 9.24. The van der Waals surface area contributed by atoms with Gasteiger partial charge in [-0.25, -0.2) is 18.1 Å². The van der Waals surface area contributed by atoms with Gasteiger partial charge in [-0.2, -0.15) is 13.2 Å². The number of hydrogen-bond donors (Lipinski definition) is 1. The van der Waals surface area contributed by atoms with E-state index in [-0.39, 0.29) is 13.0 Å². The van der Waals surface area contributed by atoms with E-state index in [0.717, 1.165) is 18.4 Å². The molecule has 0 atom stereocenters. The van der Waals surface area contributed by atoms with E-state index in [0.29, 0.717) is 26.7 Å². The van der Waals surface area contributed by atoms with Crippen molar-refractivity contribution in [1.82, 2.24) is 14.7 Å². The number of thiazole rings is 1. The van der Waals surface area contributed by atoms with Gasteiger partial charge in [-0.3, -0.25) is 4.98 Å². The van der Waals surface area contributed by atoms with Crippen molar-refractivity contribution in [3.63, 3.8) is 0 Å². The molecule has 0 saturated heterocycles. The summed E-state index contributed by atoms with van der Waals surface area (Å²) >= 11 is 1.26. The first-order chi connectivity index (χ1) is 13.1. The topological polar surface area (TPSA) is 72.0 Å². The van der Waals surface area contributed by atoms with Gasteiger partial charge in [0.15, 0.2) is 0 Å². The van der Waals surface area contributed by atoms with Crippen LogP contribution in [0.15, 0.2) is 48.8 Å². The average Bonchev–Trinajstić information content (AvgIpc) is 3.02. The normalized spacial score (nSPS) is 12.3. The molecule has 0 unspecified atom stereocenters. The predicted octanol–water partition coefficient (Wildman–Crippen LogP) is 3.86. The standard InChI is InChI=1S/C18H16F3N3O2S2/c1-28(25,26)23-11-15-17(13-5-3-7-22-10-13)24-16(27-15)9-12-4-2-6-14(8-12)18(19,20)21/h2-8,10,23H,9,11H2,1H3. The molecular weight excluding hydrogens is 411 g/mol. The third-order valence-corrected chi connectivity index (χ3v) is 5.51. The molecule has 0 aliphatic rings. The zero-order chi connectivity index (χ0) is 20.4. The summed E-state index contributed by atoms with van der Waals surface area (Å²) < 4.78 is 64.1. The van der Waals surface area contributed by atoms with Crippen LogP contribution in [-0.4, -0.2) is 24.6 Å². The number of nitrogens with one attached hydrogen (secondary N) is 1. The van der Waals surface area contributed by atoms with Crippen LogP contribution in [0.25, 0.3) is 11.3 Å². The maximum absolute atomic E-state index is 12.9. The Morgan fingerprint density at radius 2 is 1.96 bits per heavy atom. The van der Waals surface area contributed by atoms with E-state index in [1.807, 2.05) is 0 Å². The fraction of sp³-hybridized carbons (Fsp3) is 0.222. The van der Waals surface area contributed by atoms with E-state index < -0.39 is 21.8 Å². The van der Waals surface area contributed by atoms with Gasteiger partial charge in [0.1, 0.15) is 0 Å². The highest BCUT2D eigenvalue weighted by Gasteiger charge is 2.30. The van der Waals surface area contributed by atoms with Gasteiger partial charge in [0.25, 0.3) is 0 Å². The van der Waals surface area contributed by atoms with Crippen molar-refractivity contribution >= 4 is 21.4 Å². The minimum Gasteiger partial charge on any atom is -0.264 e. The number of hydrogen-bond acceptors (Lipinski definition) is 5. The van der Waals surface area contributed by atoms with Gasteiger partial charge in [0.05, 0.1) is 22.5 Å². The Morgan fingerprint density at radius 3 is 2.61 bits per heavy atom. The van der Waals surface area contributed by atoms with Crippen molar-refractivity contribution in [3.8, 4) is 11.3 Å². The minimum absolute atomic E-state index is 0.0450. The summed E-state index contributed by atoms with van der Waals surface area (Å²) in [5, 5.41) is 0.587. The Balaban J connectivity index is 1.93. The first-order valence-corrected chi connectivity index (χ1v) is 10.8. The third-order valence-electron chi connectivity index (χ3n) is 3.78. The van der Waals surface area contributed by atoms with Gasteiger partial charge in [0, 0.05) is 35.8 Å². The lowest BCUT2D eigenvalue weighted by Crippen LogP contribution is -2.20. The molecule has 3 aromatic rings. The van der Waals surface area contributed by atoms with E-state index in [4.69, 9.17) is 0 Å². The highest BCUT2D eigenvalue weighted by molar-refractivity contribution is 7.88. The Bertz CT molecular complexity index is 1070. The number of pyridine rings is 1. The molecular formula is C18H16F3N3O2S2. The summed E-state index contributed by atoms with van der Waals surface area (Å²) in [6.45, 7) is 0.0450. The van der Waals surface area contributed by atoms with E-state index in [2.05, 4.69) is 14.7 Å². The summed E-state index contributed by atoms with van der Waals surface area (Å²) in [7, 11) is -3.40. The number of rotatable bonds is 6. The number of aromatic nitrogens is 2. The quantitative estimate of drug-likeness (QED) is 0.648. The average molecular weight is 427 g/mol. The maximum Gasteiger partial charge on any atom is 0.416 e. The molecule has 2 heterocycles. The minimum atomic E-state index is -4.41. The Kier molecular flexibility index (Phi) is 5.82. The van der Waals surface area contributed by atoms with Crippen LogP contribution in [0, 0.1) is 0 Å². The second-order valence-corrected chi connectivity index (χ2v) is 9.09. The Morgan fingerprint density at radius 1 is 1.18 bits per heavy atom. The van der Waals surface area contributed by atoms with Gasteiger partial charge < -0.3 is 0 Å². The van der Waals surface area contributed by atoms with Crippen LogP contribution in [0.4, 0.5) is 13.2 Å². The third kappa shape index (κ3) is 5.37. The van der Waals surface area contributed by atoms with Gasteiger partial charge >= 0.3 is 6.18 Å². The van der Waals surface area contributed by atoms with Gasteiger partial charge in [-0.05, 0) is 23.8 Å². The summed E-state index contributed by atoms with van der Waals surface area (Å²) in [5.74, 6) is 0. The Hall–Kier alpha value is -2.30. The van der Waals surface area contributed by atoms with Crippen LogP contribution in [0.2, 0.25) is 0 Å². The van der Waals surface area contributed by atoms with Crippen LogP contribution < -0.4 is 4.72 Å². The molecule has 3 rings (SSSR count). The van der Waals surface area contributed by atoms with Crippen molar-refractivity contribution < 1.29 is 21.6 Å². The van der Waals surface area contributed by atoms with Crippen molar-refractivity contribution in [2.75, 3.05) is 6.26 Å². The number of benzene rings is 1. The molecule has 0 aliphatic carbocycles. The molecule has 5 nitrogen and oxygen atoms in total. The molecule has 148 valence electrons. The molecule has 1 aromatic carbocycles. The molecule has 10 heteroatoms. The predicted molar refractivity (Wildman–Crippen MR) is 101 cm³/mol. The lowest BCUT2D eigenvalue weighted by atomic mass is 10.1. The monoisotopic (exact) mass is 427 g/mol. The van der Waals surface area contributed by atoms with Gasteiger partial charge in [-0.15, -0.1) is 11.3 Å². The van der Waals surface area contributed by atoms with Crippen LogP contribution in [-0.2, 0) is 29.2 Å². The first kappa shape index (κ1) is 20.4. The molecule has 0 amide bonds. The molecule has 1 N–H and O–H groups in total. The first-order valence-electron chi connectivity index (χ1n) is 8.11. The van der Waals surface area contributed by atoms with Crippen molar-refractivity contribution in [1.29, 1.82) is 0 Å². The van der Waals surface area contributed by atoms with Crippen LogP contribution in [0.1, 0.15) is 21.0 Å². The molecule has 0 saturated carbocycles. The molecule has 0 aliphatic heterocycles. The lowest BCUT2D eigenvalue weighted by Gasteiger charge is -2.07. The molecule has 0 bridgehead atoms.